The molecular weight excluding hydrogens is 866 g/mol. The van der Waals surface area contributed by atoms with Gasteiger partial charge in [-0.3, -0.25) is 33.7 Å². The zero-order valence-corrected chi connectivity index (χ0v) is 35.3. The highest BCUT2D eigenvalue weighted by molar-refractivity contribution is 5.84. The molecule has 64 heavy (non-hydrogen) atoms. The average molecular weight is 932 g/mol. The Bertz CT molecular complexity index is 1330. The molecule has 4 amide bonds. The van der Waals surface area contributed by atoms with Crippen LogP contribution >= 0.6 is 0 Å². The second kappa shape index (κ2) is 31.2. The van der Waals surface area contributed by atoms with Crippen molar-refractivity contribution in [2.24, 2.45) is 0 Å². The molecule has 0 saturated carbocycles. The first-order valence-corrected chi connectivity index (χ1v) is 20.7. The summed E-state index contributed by atoms with van der Waals surface area (Å²) in [7, 11) is 0. The van der Waals surface area contributed by atoms with Gasteiger partial charge in [-0.15, -0.1) is 0 Å². The van der Waals surface area contributed by atoms with Crippen LogP contribution in [0.5, 0.6) is 0 Å². The molecule has 2 saturated heterocycles. The summed E-state index contributed by atoms with van der Waals surface area (Å²) in [5.74, 6) is -4.33. The summed E-state index contributed by atoms with van der Waals surface area (Å²) < 4.78 is 31.8. The van der Waals surface area contributed by atoms with Gasteiger partial charge in [0.2, 0.25) is 23.6 Å². The second-order valence-electron chi connectivity index (χ2n) is 14.8. The largest absolute Gasteiger partial charge is 0.481 e. The molecule has 2 fully saturated rings. The second-order valence-corrected chi connectivity index (χ2v) is 14.8. The molecule has 0 aromatic carbocycles. The maximum Gasteiger partial charge on any atom is 0.305 e. The Kier molecular flexibility index (Phi) is 27.5. The van der Waals surface area contributed by atoms with Crippen molar-refractivity contribution < 1.29 is 108 Å². The monoisotopic (exact) mass is 931 g/mol. The Labute approximate surface area is 367 Å². The number of carboxylic acids is 2. The Balaban J connectivity index is 1.85. The van der Waals surface area contributed by atoms with E-state index in [1.54, 1.807) is 0 Å². The summed E-state index contributed by atoms with van der Waals surface area (Å²) in [6.07, 6.45) is -14.1. The van der Waals surface area contributed by atoms with E-state index in [2.05, 4.69) is 21.3 Å². The number of carbonyl (C=O) groups is 6. The minimum Gasteiger partial charge on any atom is -0.481 e. The average Bonchev–Trinajstić information content (AvgIpc) is 3.24. The van der Waals surface area contributed by atoms with Crippen LogP contribution in [0.3, 0.4) is 0 Å². The number of aliphatic hydroxyl groups is 8. The quantitative estimate of drug-likeness (QED) is 0.0272. The zero-order valence-electron chi connectivity index (χ0n) is 35.3. The van der Waals surface area contributed by atoms with Gasteiger partial charge in [0.05, 0.1) is 91.4 Å². The lowest BCUT2D eigenvalue weighted by Gasteiger charge is -2.39. The normalized spacial score (nSPS) is 25.8. The van der Waals surface area contributed by atoms with Gasteiger partial charge in [0.15, 0.2) is 12.6 Å². The highest BCUT2D eigenvalue weighted by Crippen LogP contribution is 2.23. The minimum absolute atomic E-state index is 0.0572. The third kappa shape index (κ3) is 21.9. The topological polar surface area (TPSA) is 411 Å². The molecular formula is C37H65N5O22. The standard InChI is InChI=1S/C37H65N5O22/c43-17-22-30(53)32(55)34(57)36(63-22)61-12-8-39-26(47)15-42(16-27(48)40-9-13-62-37-35(58)33(56)31(54)23(18-44)64-37)14-25(46)38-7-3-1-2-4-24(45)41-21(19-59-10-5-28(49)50)20-60-11-6-29(51)52/h21-23,30-37,43-44,53-58H,1-20H2,(H,38,46)(H,39,47)(H,40,48)(H,41,45)(H,49,50)(H,51,52)/t22-,23-,30-,31-,32+,33+,34-,35-,36-,37-/m1/s1. The van der Waals surface area contributed by atoms with Crippen molar-refractivity contribution in [3.63, 3.8) is 0 Å². The van der Waals surface area contributed by atoms with Gasteiger partial charge in [0.25, 0.3) is 0 Å². The molecule has 27 nitrogen and oxygen atoms in total. The number of ether oxygens (including phenoxy) is 6. The van der Waals surface area contributed by atoms with E-state index in [9.17, 15) is 69.6 Å². The van der Waals surface area contributed by atoms with Crippen molar-refractivity contribution >= 4 is 35.6 Å². The third-order valence-electron chi connectivity index (χ3n) is 9.54. The van der Waals surface area contributed by atoms with Crippen LogP contribution in [-0.4, -0.2) is 251 Å². The van der Waals surface area contributed by atoms with Crippen LogP contribution in [-0.2, 0) is 57.2 Å². The van der Waals surface area contributed by atoms with Crippen LogP contribution in [0.1, 0.15) is 38.5 Å². The number of carboxylic acid groups (broad SMARTS) is 2. The molecule has 0 aromatic heterocycles. The molecule has 0 radical (unpaired) electrons. The number of nitrogens with zero attached hydrogens (tertiary/aromatic N) is 1. The molecule has 14 N–H and O–H groups in total. The number of nitrogens with one attached hydrogen (secondary N) is 4. The van der Waals surface area contributed by atoms with Crippen LogP contribution in [0, 0.1) is 0 Å². The van der Waals surface area contributed by atoms with Crippen LogP contribution in [0.25, 0.3) is 0 Å². The third-order valence-corrected chi connectivity index (χ3v) is 9.54. The van der Waals surface area contributed by atoms with E-state index in [1.807, 2.05) is 0 Å². The molecule has 2 aliphatic heterocycles. The molecule has 0 aliphatic carbocycles. The lowest BCUT2D eigenvalue weighted by Crippen LogP contribution is -2.59. The van der Waals surface area contributed by atoms with Crippen molar-refractivity contribution in [2.75, 3.05) is 92.1 Å². The van der Waals surface area contributed by atoms with Crippen molar-refractivity contribution in [1.29, 1.82) is 0 Å². The van der Waals surface area contributed by atoms with E-state index in [0.717, 1.165) is 0 Å². The van der Waals surface area contributed by atoms with Gasteiger partial charge < -0.3 is 101 Å². The SMILES string of the molecule is O=C(O)CCOCC(COCCC(=O)O)NC(=O)CCCCCNC(=O)CN(CC(=O)NCCO[C@@H]1O[C@H](CO)[C@@H](O)[C@H](O)[C@H]1O)CC(=O)NCCO[C@@H]1O[C@H](CO)[C@@H](O)[C@H](O)[C@H]1O. The van der Waals surface area contributed by atoms with E-state index < -0.39 is 130 Å². The minimum atomic E-state index is -1.67. The van der Waals surface area contributed by atoms with Crippen LogP contribution in [0.2, 0.25) is 0 Å². The lowest BCUT2D eigenvalue weighted by molar-refractivity contribution is -0.300. The van der Waals surface area contributed by atoms with E-state index in [-0.39, 0.29) is 84.4 Å². The Morgan fingerprint density at radius 3 is 1.34 bits per heavy atom. The zero-order chi connectivity index (χ0) is 47.6. The highest BCUT2D eigenvalue weighted by atomic mass is 16.7. The van der Waals surface area contributed by atoms with Crippen LogP contribution in [0.15, 0.2) is 0 Å². The molecule has 0 unspecified atom stereocenters. The molecule has 10 atom stereocenters. The van der Waals surface area contributed by atoms with Gasteiger partial charge >= 0.3 is 11.9 Å². The smallest absolute Gasteiger partial charge is 0.305 e. The van der Waals surface area contributed by atoms with Crippen molar-refractivity contribution in [3.8, 4) is 0 Å². The van der Waals surface area contributed by atoms with Gasteiger partial charge in [-0.2, -0.15) is 0 Å². The first kappa shape index (κ1) is 56.3. The summed E-state index contributed by atoms with van der Waals surface area (Å²) in [5.41, 5.74) is 0. The molecule has 0 spiro atoms. The van der Waals surface area contributed by atoms with Crippen molar-refractivity contribution in [1.82, 2.24) is 26.2 Å². The number of carbonyl (C=O) groups excluding carboxylic acids is 4. The summed E-state index contributed by atoms with van der Waals surface area (Å²) in [4.78, 5) is 73.9. The van der Waals surface area contributed by atoms with Crippen molar-refractivity contribution in [2.45, 2.75) is 106 Å². The Morgan fingerprint density at radius 2 is 0.938 bits per heavy atom. The fourth-order valence-corrected chi connectivity index (χ4v) is 6.10. The molecule has 2 heterocycles. The maximum absolute atomic E-state index is 12.9. The molecule has 0 aromatic rings. The van der Waals surface area contributed by atoms with E-state index in [0.29, 0.717) is 19.3 Å². The van der Waals surface area contributed by atoms with E-state index in [4.69, 9.17) is 38.6 Å². The predicted molar refractivity (Wildman–Crippen MR) is 211 cm³/mol. The van der Waals surface area contributed by atoms with Crippen LogP contribution in [0.4, 0.5) is 0 Å². The number of amides is 4. The fourth-order valence-electron chi connectivity index (χ4n) is 6.10. The molecule has 370 valence electrons. The number of rotatable bonds is 33. The van der Waals surface area contributed by atoms with E-state index >= 15 is 0 Å². The lowest BCUT2D eigenvalue weighted by atomic mass is 9.99. The van der Waals surface area contributed by atoms with Gasteiger partial charge in [-0.05, 0) is 12.8 Å². The van der Waals surface area contributed by atoms with Crippen molar-refractivity contribution in [3.05, 3.63) is 0 Å². The highest BCUT2D eigenvalue weighted by Gasteiger charge is 2.45. The number of aliphatic hydroxyl groups excluding tert-OH is 8. The predicted octanol–water partition coefficient (Wildman–Crippen LogP) is -7.70. The molecule has 2 aliphatic rings. The van der Waals surface area contributed by atoms with Gasteiger partial charge in [-0.25, -0.2) is 0 Å². The summed E-state index contributed by atoms with van der Waals surface area (Å²) >= 11 is 0. The van der Waals surface area contributed by atoms with Gasteiger partial charge in [0, 0.05) is 26.1 Å². The first-order chi connectivity index (χ1) is 30.5. The number of hydrogen-bond acceptors (Lipinski definition) is 21. The number of hydrogen-bond donors (Lipinski definition) is 14. The molecule has 2 rings (SSSR count). The first-order valence-electron chi connectivity index (χ1n) is 20.7. The Hall–Kier alpha value is -3.78. The van der Waals surface area contributed by atoms with Gasteiger partial charge in [-0.1, -0.05) is 6.42 Å². The van der Waals surface area contributed by atoms with Crippen LogP contribution < -0.4 is 21.3 Å². The summed E-state index contributed by atoms with van der Waals surface area (Å²) in [6, 6.07) is -0.656. The summed E-state index contributed by atoms with van der Waals surface area (Å²) in [6.45, 7) is -3.64. The number of unbranched alkanes of at least 4 members (excludes halogenated alkanes) is 2. The molecule has 0 bridgehead atoms. The fraction of sp³-hybridized carbons (Fsp3) is 0.838. The Morgan fingerprint density at radius 1 is 0.516 bits per heavy atom. The summed E-state index contributed by atoms with van der Waals surface area (Å²) in [5, 5.41) is 107. The number of aliphatic carboxylic acids is 2. The van der Waals surface area contributed by atoms with E-state index in [1.165, 1.54) is 4.90 Å². The maximum atomic E-state index is 12.9. The van der Waals surface area contributed by atoms with Gasteiger partial charge in [0.1, 0.15) is 48.8 Å². The molecule has 27 heteroatoms.